The topological polar surface area (TPSA) is 26.3 Å². The van der Waals surface area contributed by atoms with E-state index < -0.39 is 0 Å². The largest absolute Gasteiger partial charge is 0.459 e. The van der Waals surface area contributed by atoms with E-state index in [2.05, 4.69) is 25.7 Å². The van der Waals surface area contributed by atoms with E-state index in [1.165, 1.54) is 71.3 Å². The molecule has 0 aromatic heterocycles. The zero-order chi connectivity index (χ0) is 17.7. The number of rotatable bonds is 0. The second-order valence-electron chi connectivity index (χ2n) is 9.84. The first-order valence-corrected chi connectivity index (χ1v) is 10.6. The summed E-state index contributed by atoms with van der Waals surface area (Å²) in [7, 11) is 1.42. The first-order chi connectivity index (χ1) is 12.0. The van der Waals surface area contributed by atoms with E-state index in [0.717, 1.165) is 23.7 Å². The van der Waals surface area contributed by atoms with Crippen molar-refractivity contribution < 1.29 is 9.53 Å². The molecule has 0 aromatic rings. The summed E-state index contributed by atoms with van der Waals surface area (Å²) in [4.78, 5) is 11.5. The van der Waals surface area contributed by atoms with Gasteiger partial charge in [-0.2, -0.15) is 0 Å². The number of ether oxygens (including phenoxy) is 1. The van der Waals surface area contributed by atoms with Crippen LogP contribution in [-0.4, -0.2) is 13.1 Å². The Bertz CT molecular complexity index is 599. The van der Waals surface area contributed by atoms with Gasteiger partial charge in [-0.15, -0.1) is 0 Å². The van der Waals surface area contributed by atoms with Crippen molar-refractivity contribution in [1.82, 2.24) is 0 Å². The number of carbonyl (C=O) groups is 1. The highest BCUT2D eigenvalue weighted by molar-refractivity contribution is 5.88. The minimum atomic E-state index is -0.379. The molecule has 0 N–H and O–H groups in total. The van der Waals surface area contributed by atoms with Crippen molar-refractivity contribution in [3.63, 3.8) is 0 Å². The van der Waals surface area contributed by atoms with Gasteiger partial charge in [-0.25, -0.2) is 4.79 Å². The lowest BCUT2D eigenvalue weighted by Gasteiger charge is -2.60. The maximum absolute atomic E-state index is 11.5. The van der Waals surface area contributed by atoms with Gasteiger partial charge in [0.05, 0.1) is 7.11 Å². The van der Waals surface area contributed by atoms with Crippen LogP contribution in [-0.2, 0) is 9.53 Å². The summed E-state index contributed by atoms with van der Waals surface area (Å²) in [6.45, 7) is 5.12. The number of fused-ring (bicyclic) bond motifs is 5. The average molecular weight is 343 g/mol. The van der Waals surface area contributed by atoms with Crippen molar-refractivity contribution in [1.29, 1.82) is 0 Å². The van der Waals surface area contributed by atoms with E-state index in [1.807, 2.05) is 0 Å². The van der Waals surface area contributed by atoms with Crippen LogP contribution in [0.1, 0.15) is 78.1 Å². The lowest BCUT2D eigenvalue weighted by Crippen LogP contribution is -2.52. The molecule has 0 spiro atoms. The molecular weight excluding hydrogens is 308 g/mol. The fourth-order valence-electron chi connectivity index (χ4n) is 7.73. The van der Waals surface area contributed by atoms with Crippen molar-refractivity contribution >= 4 is 5.97 Å². The van der Waals surface area contributed by atoms with Crippen LogP contribution in [0.15, 0.2) is 0 Å². The molecule has 4 rings (SSSR count). The smallest absolute Gasteiger partial charge is 0.384 e. The van der Waals surface area contributed by atoms with Gasteiger partial charge in [-0.1, -0.05) is 32.6 Å². The molecule has 0 bridgehead atoms. The van der Waals surface area contributed by atoms with Crippen molar-refractivity contribution in [2.75, 3.05) is 7.11 Å². The average Bonchev–Trinajstić information content (AvgIpc) is 2.95. The van der Waals surface area contributed by atoms with Crippen molar-refractivity contribution in [3.05, 3.63) is 0 Å². The van der Waals surface area contributed by atoms with Crippen LogP contribution >= 0.6 is 0 Å². The monoisotopic (exact) mass is 342 g/mol. The fraction of sp³-hybridized carbons (Fsp3) is 0.870. The third-order valence-corrected chi connectivity index (χ3v) is 9.12. The summed E-state index contributed by atoms with van der Waals surface area (Å²) in [5.41, 5.74) is 0.929. The summed E-state index contributed by atoms with van der Waals surface area (Å²) in [6, 6.07) is 0. The van der Waals surface area contributed by atoms with E-state index in [-0.39, 0.29) is 5.97 Å². The van der Waals surface area contributed by atoms with Gasteiger partial charge >= 0.3 is 5.97 Å². The van der Waals surface area contributed by atoms with E-state index >= 15 is 0 Å². The normalized spacial score (nSPS) is 48.4. The van der Waals surface area contributed by atoms with Crippen LogP contribution in [0, 0.1) is 52.3 Å². The van der Waals surface area contributed by atoms with E-state index in [4.69, 9.17) is 4.74 Å². The number of methoxy groups -OCH3 is 1. The zero-order valence-corrected chi connectivity index (χ0v) is 16.3. The van der Waals surface area contributed by atoms with E-state index in [1.54, 1.807) is 0 Å². The quantitative estimate of drug-likeness (QED) is 0.343. The maximum Gasteiger partial charge on any atom is 0.384 e. The highest BCUT2D eigenvalue weighted by Crippen LogP contribution is 2.67. The molecule has 4 saturated carbocycles. The van der Waals surface area contributed by atoms with Crippen molar-refractivity contribution in [3.8, 4) is 11.8 Å². The predicted octanol–water partition coefficient (Wildman–Crippen LogP) is 5.21. The molecule has 7 atom stereocenters. The molecule has 2 heteroatoms. The van der Waals surface area contributed by atoms with Gasteiger partial charge in [-0.3, -0.25) is 0 Å². The van der Waals surface area contributed by atoms with E-state index in [0.29, 0.717) is 16.7 Å². The van der Waals surface area contributed by atoms with Gasteiger partial charge in [0, 0.05) is 11.8 Å². The molecule has 4 aliphatic carbocycles. The lowest BCUT2D eigenvalue weighted by atomic mass is 9.45. The van der Waals surface area contributed by atoms with Crippen LogP contribution < -0.4 is 0 Å². The standard InChI is InChI=1S/C23H34O2/c1-22-14-5-4-6-16(22)7-10-18-19-11-8-17(9-12-21(24)25-3)23(19,2)15-13-20(18)22/h16-20H,4-8,10-11,13-15H2,1-3H3/t16-,17-,18+,19+,20+,22+,23-/m1/s1. The molecule has 0 amide bonds. The molecule has 4 fully saturated rings. The molecule has 0 saturated heterocycles. The molecule has 0 aliphatic heterocycles. The summed E-state index contributed by atoms with van der Waals surface area (Å²) in [5, 5.41) is 0. The van der Waals surface area contributed by atoms with Crippen LogP contribution in [0.3, 0.4) is 0 Å². The maximum atomic E-state index is 11.5. The van der Waals surface area contributed by atoms with Crippen LogP contribution in [0.2, 0.25) is 0 Å². The number of hydrogen-bond acceptors (Lipinski definition) is 2. The molecule has 0 aromatic carbocycles. The van der Waals surface area contributed by atoms with E-state index in [9.17, 15) is 4.79 Å². The molecule has 25 heavy (non-hydrogen) atoms. The van der Waals surface area contributed by atoms with Gasteiger partial charge in [0.1, 0.15) is 0 Å². The minimum absolute atomic E-state index is 0.319. The van der Waals surface area contributed by atoms with Crippen LogP contribution in [0.4, 0.5) is 0 Å². The number of esters is 1. The predicted molar refractivity (Wildman–Crippen MR) is 99.6 cm³/mol. The zero-order valence-electron chi connectivity index (χ0n) is 16.3. The summed E-state index contributed by atoms with van der Waals surface area (Å²) < 4.78 is 4.72. The first kappa shape index (κ1) is 17.4. The Labute approximate surface area is 153 Å². The molecule has 138 valence electrons. The summed E-state index contributed by atoms with van der Waals surface area (Å²) in [5.74, 6) is 9.72. The SMILES string of the molecule is COC(=O)C#C[C@H]1CC[C@H]2[C@@H]3CC[C@H]4CCCC[C@]4(C)[C@H]3CC[C@]12C. The fourth-order valence-corrected chi connectivity index (χ4v) is 7.73. The highest BCUT2D eigenvalue weighted by atomic mass is 16.5. The summed E-state index contributed by atoms with van der Waals surface area (Å²) >= 11 is 0. The minimum Gasteiger partial charge on any atom is -0.459 e. The van der Waals surface area contributed by atoms with Gasteiger partial charge in [0.2, 0.25) is 0 Å². The lowest BCUT2D eigenvalue weighted by molar-refractivity contribution is -0.133. The van der Waals surface area contributed by atoms with Crippen molar-refractivity contribution in [2.24, 2.45) is 40.4 Å². The molecular formula is C23H34O2. The Morgan fingerprint density at radius 2 is 1.72 bits per heavy atom. The molecule has 0 radical (unpaired) electrons. The van der Waals surface area contributed by atoms with Gasteiger partial charge in [0.15, 0.2) is 0 Å². The Kier molecular flexibility index (Phi) is 4.41. The van der Waals surface area contributed by atoms with Gasteiger partial charge in [-0.05, 0) is 85.9 Å². The Morgan fingerprint density at radius 3 is 2.52 bits per heavy atom. The highest BCUT2D eigenvalue weighted by Gasteiger charge is 2.59. The second kappa shape index (κ2) is 6.33. The van der Waals surface area contributed by atoms with Crippen LogP contribution in [0.5, 0.6) is 0 Å². The Morgan fingerprint density at radius 1 is 0.920 bits per heavy atom. The molecule has 0 heterocycles. The van der Waals surface area contributed by atoms with Crippen LogP contribution in [0.25, 0.3) is 0 Å². The summed E-state index contributed by atoms with van der Waals surface area (Å²) in [6.07, 6.45) is 14.0. The molecule has 2 nitrogen and oxygen atoms in total. The third-order valence-electron chi connectivity index (χ3n) is 9.12. The van der Waals surface area contributed by atoms with Gasteiger partial charge < -0.3 is 4.74 Å². The third kappa shape index (κ3) is 2.65. The molecule has 0 unspecified atom stereocenters. The first-order valence-electron chi connectivity index (χ1n) is 10.6. The number of hydrogen-bond donors (Lipinski definition) is 0. The Hall–Kier alpha value is -0.970. The Balaban J connectivity index is 1.57. The number of carbonyl (C=O) groups excluding carboxylic acids is 1. The molecule has 4 aliphatic rings. The second-order valence-corrected chi connectivity index (χ2v) is 9.84. The van der Waals surface area contributed by atoms with Crippen molar-refractivity contribution in [2.45, 2.75) is 78.1 Å². The van der Waals surface area contributed by atoms with Gasteiger partial charge in [0.25, 0.3) is 0 Å².